The minimum atomic E-state index is -0.535. The predicted octanol–water partition coefficient (Wildman–Crippen LogP) is 3.15. The van der Waals surface area contributed by atoms with Gasteiger partial charge in [-0.1, -0.05) is 34.8 Å². The number of hydrogen-bond donors (Lipinski definition) is 1. The molecule has 0 saturated carbocycles. The van der Waals surface area contributed by atoms with Gasteiger partial charge in [-0.05, 0) is 23.8 Å². The molecule has 1 rings (SSSR count). The van der Waals surface area contributed by atoms with Crippen LogP contribution in [0.4, 0.5) is 0 Å². The highest BCUT2D eigenvalue weighted by molar-refractivity contribution is 6.48. The van der Waals surface area contributed by atoms with Gasteiger partial charge in [-0.3, -0.25) is 4.79 Å². The van der Waals surface area contributed by atoms with Gasteiger partial charge in [-0.2, -0.15) is 0 Å². The van der Waals surface area contributed by atoms with Gasteiger partial charge in [0.1, 0.15) is 0 Å². The average Bonchev–Trinajstić information content (AvgIpc) is 2.10. The SMILES string of the molecule is NC(=O)C=Cc1cc(Cl)c(Cl)c(Cl)c1. The number of carbonyl (C=O) groups is 1. The van der Waals surface area contributed by atoms with E-state index in [0.717, 1.165) is 0 Å². The number of hydrogen-bond acceptors (Lipinski definition) is 1. The Balaban J connectivity index is 3.07. The number of halogens is 3. The van der Waals surface area contributed by atoms with Gasteiger partial charge in [0.25, 0.3) is 0 Å². The van der Waals surface area contributed by atoms with E-state index >= 15 is 0 Å². The highest BCUT2D eigenvalue weighted by Crippen LogP contribution is 2.31. The molecule has 0 saturated heterocycles. The molecule has 0 radical (unpaired) electrons. The Morgan fingerprint density at radius 2 is 1.71 bits per heavy atom. The summed E-state index contributed by atoms with van der Waals surface area (Å²) in [6, 6.07) is 3.18. The third-order valence-corrected chi connectivity index (χ3v) is 2.64. The third kappa shape index (κ3) is 2.91. The lowest BCUT2D eigenvalue weighted by Gasteiger charge is -2.00. The van der Waals surface area contributed by atoms with Crippen LogP contribution in [-0.4, -0.2) is 5.91 Å². The van der Waals surface area contributed by atoms with Crippen LogP contribution >= 0.6 is 34.8 Å². The van der Waals surface area contributed by atoms with Gasteiger partial charge in [0.15, 0.2) is 0 Å². The number of rotatable bonds is 2. The second-order valence-corrected chi connectivity index (χ2v) is 3.73. The van der Waals surface area contributed by atoms with E-state index in [-0.39, 0.29) is 0 Å². The summed E-state index contributed by atoms with van der Waals surface area (Å²) in [5, 5.41) is 0.969. The summed E-state index contributed by atoms with van der Waals surface area (Å²) in [7, 11) is 0. The number of nitrogens with two attached hydrogens (primary N) is 1. The monoisotopic (exact) mass is 249 g/mol. The van der Waals surface area contributed by atoms with E-state index in [1.165, 1.54) is 12.2 Å². The Morgan fingerprint density at radius 1 is 1.21 bits per heavy atom. The first-order valence-electron chi connectivity index (χ1n) is 3.63. The fourth-order valence-corrected chi connectivity index (χ4v) is 1.46. The lowest BCUT2D eigenvalue weighted by molar-refractivity contribution is -0.113. The maximum Gasteiger partial charge on any atom is 0.241 e. The number of primary amides is 1. The van der Waals surface area contributed by atoms with E-state index in [2.05, 4.69) is 0 Å². The number of carbonyl (C=O) groups excluding carboxylic acids is 1. The lowest BCUT2D eigenvalue weighted by Crippen LogP contribution is -2.05. The molecule has 0 aliphatic carbocycles. The Hall–Kier alpha value is -0.700. The summed E-state index contributed by atoms with van der Waals surface area (Å²) in [6.45, 7) is 0. The highest BCUT2D eigenvalue weighted by atomic mass is 35.5. The molecule has 14 heavy (non-hydrogen) atoms. The van der Waals surface area contributed by atoms with Crippen molar-refractivity contribution in [1.29, 1.82) is 0 Å². The second kappa shape index (κ2) is 4.69. The molecule has 5 heteroatoms. The van der Waals surface area contributed by atoms with Crippen LogP contribution in [0.5, 0.6) is 0 Å². The van der Waals surface area contributed by atoms with Crippen molar-refractivity contribution in [3.63, 3.8) is 0 Å². The molecule has 0 aliphatic heterocycles. The predicted molar refractivity (Wildman–Crippen MR) is 59.7 cm³/mol. The maximum atomic E-state index is 10.5. The first-order valence-corrected chi connectivity index (χ1v) is 4.76. The molecule has 0 unspecified atom stereocenters. The van der Waals surface area contributed by atoms with Crippen molar-refractivity contribution >= 4 is 46.8 Å². The molecular formula is C9H6Cl3NO. The van der Waals surface area contributed by atoms with Gasteiger partial charge in [-0.25, -0.2) is 0 Å². The van der Waals surface area contributed by atoms with Gasteiger partial charge in [-0.15, -0.1) is 0 Å². The molecule has 0 aromatic heterocycles. The largest absolute Gasteiger partial charge is 0.366 e. The normalized spacial score (nSPS) is 10.8. The van der Waals surface area contributed by atoms with E-state index in [1.807, 2.05) is 0 Å². The van der Waals surface area contributed by atoms with Crippen LogP contribution in [0.3, 0.4) is 0 Å². The Morgan fingerprint density at radius 3 is 2.14 bits per heavy atom. The van der Waals surface area contributed by atoms with Crippen molar-refractivity contribution in [2.75, 3.05) is 0 Å². The molecule has 74 valence electrons. The molecule has 2 N–H and O–H groups in total. The van der Waals surface area contributed by atoms with E-state index in [1.54, 1.807) is 12.1 Å². The fraction of sp³-hybridized carbons (Fsp3) is 0. The van der Waals surface area contributed by atoms with Crippen LogP contribution in [0.25, 0.3) is 6.08 Å². The van der Waals surface area contributed by atoms with Gasteiger partial charge >= 0.3 is 0 Å². The van der Waals surface area contributed by atoms with E-state index < -0.39 is 5.91 Å². The average molecular weight is 251 g/mol. The van der Waals surface area contributed by atoms with Crippen molar-refractivity contribution in [3.8, 4) is 0 Å². The molecule has 0 fully saturated rings. The smallest absolute Gasteiger partial charge is 0.241 e. The molecule has 0 atom stereocenters. The first kappa shape index (κ1) is 11.4. The molecule has 1 amide bonds. The minimum absolute atomic E-state index is 0.296. The van der Waals surface area contributed by atoms with Crippen molar-refractivity contribution < 1.29 is 4.79 Å². The first-order chi connectivity index (χ1) is 6.50. The van der Waals surface area contributed by atoms with Crippen LogP contribution in [0.1, 0.15) is 5.56 Å². The van der Waals surface area contributed by atoms with Crippen LogP contribution < -0.4 is 5.73 Å². The zero-order chi connectivity index (χ0) is 10.7. The van der Waals surface area contributed by atoms with Crippen molar-refractivity contribution in [2.24, 2.45) is 5.73 Å². The zero-order valence-electron chi connectivity index (χ0n) is 6.93. The molecule has 2 nitrogen and oxygen atoms in total. The van der Waals surface area contributed by atoms with Gasteiger partial charge < -0.3 is 5.73 Å². The Labute approximate surface area is 96.2 Å². The minimum Gasteiger partial charge on any atom is -0.366 e. The molecular weight excluding hydrogens is 244 g/mol. The standard InChI is InChI=1S/C9H6Cl3NO/c10-6-3-5(1-2-8(13)14)4-7(11)9(6)12/h1-4H,(H2,13,14). The van der Waals surface area contributed by atoms with Crippen LogP contribution in [0, 0.1) is 0 Å². The number of amides is 1. The van der Waals surface area contributed by atoms with Crippen molar-refractivity contribution in [3.05, 3.63) is 38.8 Å². The zero-order valence-corrected chi connectivity index (χ0v) is 9.20. The fourth-order valence-electron chi connectivity index (χ4n) is 0.850. The third-order valence-electron chi connectivity index (χ3n) is 1.45. The summed E-state index contributed by atoms with van der Waals surface area (Å²) in [5.41, 5.74) is 5.60. The summed E-state index contributed by atoms with van der Waals surface area (Å²) >= 11 is 17.3. The lowest BCUT2D eigenvalue weighted by atomic mass is 10.2. The van der Waals surface area contributed by atoms with E-state index in [9.17, 15) is 4.79 Å². The molecule has 0 bridgehead atoms. The van der Waals surface area contributed by atoms with E-state index in [4.69, 9.17) is 40.5 Å². The van der Waals surface area contributed by atoms with Gasteiger partial charge in [0.05, 0.1) is 15.1 Å². The van der Waals surface area contributed by atoms with Crippen LogP contribution in [0.2, 0.25) is 15.1 Å². The summed E-state index contributed by atoms with van der Waals surface area (Å²) in [5.74, 6) is -0.535. The second-order valence-electron chi connectivity index (χ2n) is 2.53. The number of benzene rings is 1. The Kier molecular flexibility index (Phi) is 3.81. The molecule has 0 heterocycles. The van der Waals surface area contributed by atoms with Gasteiger partial charge in [0, 0.05) is 6.08 Å². The van der Waals surface area contributed by atoms with Crippen molar-refractivity contribution in [1.82, 2.24) is 0 Å². The van der Waals surface area contributed by atoms with Crippen molar-refractivity contribution in [2.45, 2.75) is 0 Å². The quantitative estimate of drug-likeness (QED) is 0.636. The summed E-state index contributed by atoms with van der Waals surface area (Å²) in [4.78, 5) is 10.5. The molecule has 0 aliphatic rings. The molecule has 0 spiro atoms. The topological polar surface area (TPSA) is 43.1 Å². The molecule has 1 aromatic carbocycles. The van der Waals surface area contributed by atoms with E-state index in [0.29, 0.717) is 20.6 Å². The molecule has 1 aromatic rings. The van der Waals surface area contributed by atoms with Crippen LogP contribution in [0.15, 0.2) is 18.2 Å². The summed E-state index contributed by atoms with van der Waals surface area (Å²) in [6.07, 6.45) is 2.73. The summed E-state index contributed by atoms with van der Waals surface area (Å²) < 4.78 is 0. The van der Waals surface area contributed by atoms with Gasteiger partial charge in [0.2, 0.25) is 5.91 Å². The Bertz CT molecular complexity index is 378. The maximum absolute atomic E-state index is 10.5. The highest BCUT2D eigenvalue weighted by Gasteiger charge is 2.03. The van der Waals surface area contributed by atoms with Crippen LogP contribution in [-0.2, 0) is 4.79 Å².